The average molecular weight is 288 g/mol. The second-order valence-corrected chi connectivity index (χ2v) is 4.77. The Balaban J connectivity index is 3.53. The minimum atomic E-state index is -0.764. The fourth-order valence-electron chi connectivity index (χ4n) is 1.58. The Hall–Kier alpha value is -1.79. The van der Waals surface area contributed by atoms with Crippen LogP contribution in [-0.2, 0) is 4.79 Å². The molecule has 2 heteroatoms. The van der Waals surface area contributed by atoms with Crippen LogP contribution in [0.5, 0.6) is 0 Å². The average Bonchev–Trinajstić information content (AvgIpc) is 2.46. The Kier molecular flexibility index (Phi) is 14.9. The molecule has 0 aromatic heterocycles. The second-order valence-electron chi connectivity index (χ2n) is 4.77. The molecule has 0 amide bonds. The lowest BCUT2D eigenvalue weighted by Gasteiger charge is -1.87. The molecule has 0 saturated carbocycles. The molecule has 0 aliphatic carbocycles. The minimum Gasteiger partial charge on any atom is -0.481 e. The van der Waals surface area contributed by atoms with E-state index in [2.05, 4.69) is 49.1 Å². The number of hydrogen-bond acceptors (Lipinski definition) is 1. The van der Waals surface area contributed by atoms with Gasteiger partial charge in [0.15, 0.2) is 0 Å². The monoisotopic (exact) mass is 288 g/mol. The van der Waals surface area contributed by atoms with E-state index in [-0.39, 0.29) is 6.42 Å². The number of allylic oxidation sites excluding steroid dienone is 7. The number of carbonyl (C=O) groups is 1. The maximum atomic E-state index is 10.3. The molecule has 0 aromatic rings. The van der Waals surface area contributed by atoms with Gasteiger partial charge in [-0.05, 0) is 44.3 Å². The van der Waals surface area contributed by atoms with Crippen molar-refractivity contribution < 1.29 is 9.90 Å². The van der Waals surface area contributed by atoms with Gasteiger partial charge in [-0.1, -0.05) is 56.2 Å². The quantitative estimate of drug-likeness (QED) is 0.289. The first-order chi connectivity index (χ1) is 10.3. The largest absolute Gasteiger partial charge is 0.481 e. The predicted molar refractivity (Wildman–Crippen MR) is 90.3 cm³/mol. The highest BCUT2D eigenvalue weighted by molar-refractivity contribution is 5.66. The van der Waals surface area contributed by atoms with Crippen LogP contribution in [-0.4, -0.2) is 11.1 Å². The molecule has 0 rings (SSSR count). The molecule has 0 aliphatic rings. The van der Waals surface area contributed by atoms with E-state index in [1.165, 1.54) is 19.3 Å². The normalized spacial score (nSPS) is 11.3. The molecule has 1 N–H and O–H groups in total. The van der Waals surface area contributed by atoms with Crippen LogP contribution in [0.2, 0.25) is 0 Å². The highest BCUT2D eigenvalue weighted by Gasteiger charge is 1.90. The number of rotatable bonds is 12. The third-order valence-corrected chi connectivity index (χ3v) is 2.76. The van der Waals surface area contributed by atoms with Crippen LogP contribution in [0.3, 0.4) is 0 Å². The van der Waals surface area contributed by atoms with Gasteiger partial charge in [0, 0.05) is 6.42 Å². The molecular weight excluding hydrogens is 260 g/mol. The third kappa shape index (κ3) is 18.2. The van der Waals surface area contributed by atoms with Crippen molar-refractivity contribution in [3.8, 4) is 0 Å². The van der Waals surface area contributed by atoms with Crippen molar-refractivity contribution in [1.29, 1.82) is 0 Å². The van der Waals surface area contributed by atoms with E-state index in [4.69, 9.17) is 5.11 Å². The summed E-state index contributed by atoms with van der Waals surface area (Å²) < 4.78 is 0. The van der Waals surface area contributed by atoms with Crippen molar-refractivity contribution in [3.63, 3.8) is 0 Å². The van der Waals surface area contributed by atoms with Gasteiger partial charge in [0.2, 0.25) is 0 Å². The fourth-order valence-corrected chi connectivity index (χ4v) is 1.58. The van der Waals surface area contributed by atoms with Crippen LogP contribution < -0.4 is 0 Å². The first-order valence-electron chi connectivity index (χ1n) is 7.83. The summed E-state index contributed by atoms with van der Waals surface area (Å²) in [5.41, 5.74) is 2.98. The molecule has 116 valence electrons. The maximum absolute atomic E-state index is 10.3. The Morgan fingerprint density at radius 3 is 2.14 bits per heavy atom. The van der Waals surface area contributed by atoms with Gasteiger partial charge in [-0.15, -0.1) is 5.73 Å². The molecule has 21 heavy (non-hydrogen) atoms. The van der Waals surface area contributed by atoms with Gasteiger partial charge in [0.25, 0.3) is 0 Å². The smallest absolute Gasteiger partial charge is 0.303 e. The van der Waals surface area contributed by atoms with E-state index in [0.717, 1.165) is 19.3 Å². The highest BCUT2D eigenvalue weighted by Crippen LogP contribution is 1.97. The van der Waals surface area contributed by atoms with E-state index in [0.29, 0.717) is 6.42 Å². The van der Waals surface area contributed by atoms with E-state index in [1.54, 1.807) is 6.08 Å². The van der Waals surface area contributed by atoms with Gasteiger partial charge in [0.1, 0.15) is 0 Å². The SMILES string of the molecule is CCCC/C=C\C/C=C\C/C=C\CC=C=CCCC(=O)O. The predicted octanol–water partition coefficient (Wildman–Crippen LogP) is 5.59. The summed E-state index contributed by atoms with van der Waals surface area (Å²) >= 11 is 0. The molecule has 0 spiro atoms. The van der Waals surface area contributed by atoms with Crippen LogP contribution >= 0.6 is 0 Å². The topological polar surface area (TPSA) is 37.3 Å². The van der Waals surface area contributed by atoms with Gasteiger partial charge < -0.3 is 5.11 Å². The Morgan fingerprint density at radius 2 is 1.52 bits per heavy atom. The lowest BCUT2D eigenvalue weighted by Crippen LogP contribution is -1.91. The van der Waals surface area contributed by atoms with Crippen molar-refractivity contribution in [2.75, 3.05) is 0 Å². The van der Waals surface area contributed by atoms with Crippen LogP contribution in [0.4, 0.5) is 0 Å². The van der Waals surface area contributed by atoms with Crippen LogP contribution in [0.25, 0.3) is 0 Å². The van der Waals surface area contributed by atoms with Crippen LogP contribution in [0.15, 0.2) is 54.3 Å². The van der Waals surface area contributed by atoms with Crippen molar-refractivity contribution in [2.24, 2.45) is 0 Å². The molecule has 0 heterocycles. The molecule has 0 aliphatic heterocycles. The van der Waals surface area contributed by atoms with Crippen molar-refractivity contribution in [1.82, 2.24) is 0 Å². The molecule has 0 saturated heterocycles. The van der Waals surface area contributed by atoms with E-state index in [1.807, 2.05) is 6.08 Å². The Labute approximate surface area is 129 Å². The Morgan fingerprint density at radius 1 is 0.905 bits per heavy atom. The van der Waals surface area contributed by atoms with Gasteiger partial charge in [-0.2, -0.15) is 0 Å². The molecule has 0 bridgehead atoms. The second kappa shape index (κ2) is 16.3. The molecule has 0 fully saturated rings. The first kappa shape index (κ1) is 19.2. The number of unbranched alkanes of at least 4 members (excludes halogenated alkanes) is 2. The zero-order chi connectivity index (χ0) is 15.6. The van der Waals surface area contributed by atoms with Crippen LogP contribution in [0, 0.1) is 0 Å². The number of carboxylic acids is 1. The first-order valence-corrected chi connectivity index (χ1v) is 7.83. The summed E-state index contributed by atoms with van der Waals surface area (Å²) in [4.78, 5) is 10.3. The summed E-state index contributed by atoms with van der Waals surface area (Å²) in [5, 5.41) is 8.45. The molecule has 0 unspecified atom stereocenters. The van der Waals surface area contributed by atoms with Crippen molar-refractivity contribution in [3.05, 3.63) is 54.3 Å². The van der Waals surface area contributed by atoms with E-state index in [9.17, 15) is 4.79 Å². The van der Waals surface area contributed by atoms with Crippen LogP contribution in [0.1, 0.15) is 58.3 Å². The summed E-state index contributed by atoms with van der Waals surface area (Å²) in [6.07, 6.45) is 24.0. The van der Waals surface area contributed by atoms with Gasteiger partial charge in [-0.25, -0.2) is 0 Å². The number of hydrogen-bond donors (Lipinski definition) is 1. The lowest BCUT2D eigenvalue weighted by molar-refractivity contribution is -0.136. The number of carboxylic acid groups (broad SMARTS) is 1. The van der Waals surface area contributed by atoms with Gasteiger partial charge in [0.05, 0.1) is 0 Å². The van der Waals surface area contributed by atoms with Gasteiger partial charge in [-0.3, -0.25) is 4.79 Å². The standard InChI is InChI=1S/C19H28O2/c1-2-3-4-5-6-7-8-9-10-11-12-13-14-15-16-17-18-19(20)21/h5-6,8-9,11-12,14,16H,2-4,7,10,13,17-18H2,1H3,(H,20,21)/b6-5-,9-8-,12-11-. The molecule has 0 aromatic carbocycles. The molecule has 0 atom stereocenters. The summed E-state index contributed by atoms with van der Waals surface area (Å²) in [6, 6.07) is 0. The van der Waals surface area contributed by atoms with E-state index >= 15 is 0 Å². The van der Waals surface area contributed by atoms with Crippen molar-refractivity contribution in [2.45, 2.75) is 58.3 Å². The minimum absolute atomic E-state index is 0.175. The zero-order valence-corrected chi connectivity index (χ0v) is 13.1. The van der Waals surface area contributed by atoms with Crippen molar-refractivity contribution >= 4 is 5.97 Å². The summed E-state index contributed by atoms with van der Waals surface area (Å²) in [6.45, 7) is 2.21. The molecule has 2 nitrogen and oxygen atoms in total. The lowest BCUT2D eigenvalue weighted by atomic mass is 10.2. The zero-order valence-electron chi connectivity index (χ0n) is 13.1. The molecular formula is C19H28O2. The fraction of sp³-hybridized carbons (Fsp3) is 0.474. The molecule has 0 radical (unpaired) electrons. The highest BCUT2D eigenvalue weighted by atomic mass is 16.4. The number of aliphatic carboxylic acids is 1. The summed E-state index contributed by atoms with van der Waals surface area (Å²) in [5.74, 6) is -0.764. The third-order valence-electron chi connectivity index (χ3n) is 2.76. The maximum Gasteiger partial charge on any atom is 0.303 e. The Bertz CT molecular complexity index is 394. The van der Waals surface area contributed by atoms with E-state index < -0.39 is 5.97 Å². The summed E-state index contributed by atoms with van der Waals surface area (Å²) in [7, 11) is 0. The van der Waals surface area contributed by atoms with Gasteiger partial charge >= 0.3 is 5.97 Å².